The third-order valence-corrected chi connectivity index (χ3v) is 3.14. The Labute approximate surface area is 119 Å². The molecule has 112 valence electrons. The molecule has 1 atom stereocenters. The zero-order valence-corrected chi connectivity index (χ0v) is 11.2. The minimum atomic E-state index is -4.91. The number of rotatable bonds is 3. The number of benzene rings is 1. The maximum Gasteiger partial charge on any atom is 0.523 e. The topological polar surface area (TPSA) is 21.6 Å². The van der Waals surface area contributed by atoms with Gasteiger partial charge in [0.25, 0.3) is 0 Å². The van der Waals surface area contributed by atoms with Gasteiger partial charge in [-0.05, 0) is 12.5 Å². The van der Waals surface area contributed by atoms with E-state index in [1.165, 1.54) is 6.92 Å². The molecule has 0 amide bonds. The van der Waals surface area contributed by atoms with Gasteiger partial charge in [0.2, 0.25) is 0 Å². The van der Waals surface area contributed by atoms with E-state index in [0.29, 0.717) is 5.56 Å². The molecule has 0 N–H and O–H groups in total. The molecular weight excluding hydrogens is 286 g/mol. The summed E-state index contributed by atoms with van der Waals surface area (Å²) in [7, 11) is 0. The van der Waals surface area contributed by atoms with Gasteiger partial charge in [0, 0.05) is 18.2 Å². The van der Waals surface area contributed by atoms with Crippen molar-refractivity contribution >= 4 is 11.9 Å². The molecule has 0 bridgehead atoms. The molecule has 0 aliphatic carbocycles. The summed E-state index contributed by atoms with van der Waals surface area (Å²) < 4.78 is 55.9. The number of hydrogen-bond acceptors (Lipinski definition) is 2. The Morgan fingerprint density at radius 3 is 2.38 bits per heavy atom. The first kappa shape index (κ1) is 15.4. The quantitative estimate of drug-likeness (QED) is 0.588. The summed E-state index contributed by atoms with van der Waals surface area (Å²) in [4.78, 5) is 3.83. The molecule has 1 aliphatic rings. The molecule has 1 aromatic rings. The van der Waals surface area contributed by atoms with Gasteiger partial charge in [-0.15, -0.1) is 13.2 Å². The molecule has 0 fully saturated rings. The van der Waals surface area contributed by atoms with Gasteiger partial charge in [0.05, 0.1) is 0 Å². The highest BCUT2D eigenvalue weighted by molar-refractivity contribution is 5.85. The molecular formula is C15H13F4NO. The fraction of sp³-hybridized carbons (Fsp3) is 0.267. The average molecular weight is 299 g/mol. The van der Waals surface area contributed by atoms with E-state index in [0.717, 1.165) is 6.21 Å². The van der Waals surface area contributed by atoms with Crippen LogP contribution in [0.4, 0.5) is 17.6 Å². The fourth-order valence-corrected chi connectivity index (χ4v) is 2.04. The summed E-state index contributed by atoms with van der Waals surface area (Å²) in [5, 5.41) is 0. The third-order valence-electron chi connectivity index (χ3n) is 3.14. The number of halogens is 4. The van der Waals surface area contributed by atoms with E-state index < -0.39 is 24.2 Å². The van der Waals surface area contributed by atoms with Crippen molar-refractivity contribution in [1.82, 2.24) is 0 Å². The summed E-state index contributed by atoms with van der Waals surface area (Å²) >= 11 is 0. The van der Waals surface area contributed by atoms with Gasteiger partial charge in [0.1, 0.15) is 17.1 Å². The van der Waals surface area contributed by atoms with E-state index in [-0.39, 0.29) is 11.3 Å². The van der Waals surface area contributed by atoms with E-state index in [9.17, 15) is 17.6 Å². The number of nitrogens with zero attached hydrogens (tertiary/aromatic N) is 1. The molecule has 1 aromatic carbocycles. The van der Waals surface area contributed by atoms with Crippen LogP contribution in [0.15, 0.2) is 53.3 Å². The Kier molecular flexibility index (Phi) is 4.00. The smallest absolute Gasteiger partial charge is 0.274 e. The van der Waals surface area contributed by atoms with Crippen molar-refractivity contribution in [1.29, 1.82) is 0 Å². The second kappa shape index (κ2) is 5.44. The Morgan fingerprint density at radius 1 is 1.29 bits per heavy atom. The maximum atomic E-state index is 14.2. The first-order valence-electron chi connectivity index (χ1n) is 6.16. The zero-order valence-electron chi connectivity index (χ0n) is 11.2. The van der Waals surface area contributed by atoms with Crippen LogP contribution in [0.25, 0.3) is 5.70 Å². The summed E-state index contributed by atoms with van der Waals surface area (Å²) in [5.74, 6) is -0.768. The predicted octanol–water partition coefficient (Wildman–Crippen LogP) is 4.65. The number of ether oxygens (including phenoxy) is 1. The van der Waals surface area contributed by atoms with Crippen LogP contribution in [-0.4, -0.2) is 18.2 Å². The standard InChI is InChI=1S/C15H13F4NO/c1-10(2)14(21-15(17,18)19)8-12(16)13(20-9-14)11-6-4-3-5-7-11/h3-7,9H,1,8H2,2H3. The zero-order chi connectivity index (χ0) is 15.7. The molecule has 2 rings (SSSR count). The van der Waals surface area contributed by atoms with Gasteiger partial charge < -0.3 is 0 Å². The molecule has 0 spiro atoms. The Balaban J connectivity index is 2.36. The first-order valence-corrected chi connectivity index (χ1v) is 6.16. The molecule has 1 aliphatic heterocycles. The van der Waals surface area contributed by atoms with Crippen LogP contribution >= 0.6 is 0 Å². The highest BCUT2D eigenvalue weighted by Gasteiger charge is 2.46. The summed E-state index contributed by atoms with van der Waals surface area (Å²) in [5.41, 5.74) is -1.46. The summed E-state index contributed by atoms with van der Waals surface area (Å²) in [6.45, 7) is 4.81. The van der Waals surface area contributed by atoms with E-state index >= 15 is 0 Å². The third kappa shape index (κ3) is 3.39. The normalized spacial score (nSPS) is 22.5. The second-order valence-corrected chi connectivity index (χ2v) is 4.77. The fourth-order valence-electron chi connectivity index (χ4n) is 2.04. The maximum absolute atomic E-state index is 14.2. The van der Waals surface area contributed by atoms with Crippen molar-refractivity contribution in [3.8, 4) is 0 Å². The lowest BCUT2D eigenvalue weighted by Gasteiger charge is -2.33. The number of aliphatic imine (C=N–C) groups is 1. The van der Waals surface area contributed by atoms with Crippen LogP contribution in [0, 0.1) is 0 Å². The molecule has 0 saturated heterocycles. The number of hydrogen-bond donors (Lipinski definition) is 0. The van der Waals surface area contributed by atoms with Gasteiger partial charge in [-0.3, -0.25) is 9.73 Å². The van der Waals surface area contributed by atoms with Gasteiger partial charge in [0.15, 0.2) is 0 Å². The molecule has 6 heteroatoms. The molecule has 2 nitrogen and oxygen atoms in total. The van der Waals surface area contributed by atoms with Gasteiger partial charge in [-0.25, -0.2) is 4.39 Å². The second-order valence-electron chi connectivity index (χ2n) is 4.77. The van der Waals surface area contributed by atoms with Crippen LogP contribution in [0.1, 0.15) is 18.9 Å². The predicted molar refractivity (Wildman–Crippen MR) is 72.3 cm³/mol. The summed E-state index contributed by atoms with van der Waals surface area (Å²) in [6.07, 6.45) is -4.53. The van der Waals surface area contributed by atoms with Crippen molar-refractivity contribution in [2.75, 3.05) is 0 Å². The van der Waals surface area contributed by atoms with Gasteiger partial charge in [-0.1, -0.05) is 36.9 Å². The van der Waals surface area contributed by atoms with E-state index in [2.05, 4.69) is 16.3 Å². The largest absolute Gasteiger partial charge is 0.523 e. The van der Waals surface area contributed by atoms with Crippen molar-refractivity contribution in [2.45, 2.75) is 25.3 Å². The van der Waals surface area contributed by atoms with E-state index in [1.54, 1.807) is 30.3 Å². The molecule has 21 heavy (non-hydrogen) atoms. The van der Waals surface area contributed by atoms with Crippen LogP contribution in [0.2, 0.25) is 0 Å². The van der Waals surface area contributed by atoms with Crippen LogP contribution < -0.4 is 0 Å². The molecule has 0 saturated carbocycles. The van der Waals surface area contributed by atoms with Gasteiger partial charge >= 0.3 is 6.36 Å². The highest BCUT2D eigenvalue weighted by atomic mass is 19.4. The van der Waals surface area contributed by atoms with E-state index in [1.807, 2.05) is 0 Å². The van der Waals surface area contributed by atoms with Crippen LogP contribution in [0.5, 0.6) is 0 Å². The number of alkyl halides is 3. The minimum absolute atomic E-state index is 0.0123. The van der Waals surface area contributed by atoms with Crippen molar-refractivity contribution < 1.29 is 22.3 Å². The van der Waals surface area contributed by atoms with Crippen LogP contribution in [0.3, 0.4) is 0 Å². The SMILES string of the molecule is C=C(C)C1(OC(F)(F)F)C=NC(c2ccccc2)=C(F)C1. The summed E-state index contributed by atoms with van der Waals surface area (Å²) in [6, 6.07) is 8.39. The van der Waals surface area contributed by atoms with Crippen molar-refractivity contribution in [3.05, 3.63) is 53.9 Å². The van der Waals surface area contributed by atoms with E-state index in [4.69, 9.17) is 0 Å². The first-order chi connectivity index (χ1) is 9.73. The Morgan fingerprint density at radius 2 is 1.90 bits per heavy atom. The Bertz CT molecular complexity index is 604. The highest BCUT2D eigenvalue weighted by Crippen LogP contribution is 2.39. The van der Waals surface area contributed by atoms with Crippen LogP contribution in [-0.2, 0) is 4.74 Å². The Hall–Kier alpha value is -1.95. The molecule has 0 radical (unpaired) electrons. The van der Waals surface area contributed by atoms with Gasteiger partial charge in [-0.2, -0.15) is 0 Å². The average Bonchev–Trinajstić information content (AvgIpc) is 2.37. The van der Waals surface area contributed by atoms with Crippen molar-refractivity contribution in [2.24, 2.45) is 4.99 Å². The molecule has 1 heterocycles. The van der Waals surface area contributed by atoms with Crippen molar-refractivity contribution in [3.63, 3.8) is 0 Å². The molecule has 0 aromatic heterocycles. The lowest BCUT2D eigenvalue weighted by Crippen LogP contribution is -2.42. The monoisotopic (exact) mass is 299 g/mol. The lowest BCUT2D eigenvalue weighted by atomic mass is 9.89. The lowest BCUT2D eigenvalue weighted by molar-refractivity contribution is -0.347. The molecule has 1 unspecified atom stereocenters. The minimum Gasteiger partial charge on any atom is -0.274 e.